The molecule has 1 aliphatic carbocycles. The maximum absolute atomic E-state index is 8.55. The zero-order valence-electron chi connectivity index (χ0n) is 10.4. The third-order valence-electron chi connectivity index (χ3n) is 3.87. The van der Waals surface area contributed by atoms with Gasteiger partial charge in [0.15, 0.2) is 0 Å². The van der Waals surface area contributed by atoms with Crippen LogP contribution in [0.4, 0.5) is 0 Å². The van der Waals surface area contributed by atoms with Crippen LogP contribution in [-0.4, -0.2) is 24.0 Å². The van der Waals surface area contributed by atoms with E-state index in [0.29, 0.717) is 6.04 Å². The van der Waals surface area contributed by atoms with Gasteiger partial charge in [-0.05, 0) is 58.9 Å². The fourth-order valence-corrected chi connectivity index (χ4v) is 2.53. The number of hydrogen-bond donors (Lipinski definition) is 0. The summed E-state index contributed by atoms with van der Waals surface area (Å²) in [6, 6.07) is 3.70. The molecule has 0 aromatic rings. The standard InChI is InChI=1S/C13H24N2/c1-11(2)15(3)13-8-6-12(7-9-13)5-4-10-14/h11-13H,4-9H2,1-3H3. The highest BCUT2D eigenvalue weighted by molar-refractivity contribution is 4.81. The molecule has 0 aromatic heterocycles. The van der Waals surface area contributed by atoms with E-state index in [4.69, 9.17) is 5.26 Å². The second-order valence-electron chi connectivity index (χ2n) is 5.13. The van der Waals surface area contributed by atoms with E-state index in [9.17, 15) is 0 Å². The minimum Gasteiger partial charge on any atom is -0.301 e. The van der Waals surface area contributed by atoms with Crippen LogP contribution in [0.1, 0.15) is 52.4 Å². The molecule has 2 nitrogen and oxygen atoms in total. The fourth-order valence-electron chi connectivity index (χ4n) is 2.53. The second kappa shape index (κ2) is 6.12. The molecule has 86 valence electrons. The molecule has 1 aliphatic rings. The first kappa shape index (κ1) is 12.5. The van der Waals surface area contributed by atoms with Crippen molar-refractivity contribution in [1.82, 2.24) is 4.90 Å². The summed E-state index contributed by atoms with van der Waals surface area (Å²) in [7, 11) is 2.24. The van der Waals surface area contributed by atoms with Crippen LogP contribution in [0.5, 0.6) is 0 Å². The lowest BCUT2D eigenvalue weighted by atomic mass is 9.83. The molecule has 0 radical (unpaired) electrons. The largest absolute Gasteiger partial charge is 0.301 e. The van der Waals surface area contributed by atoms with Gasteiger partial charge in [0.25, 0.3) is 0 Å². The zero-order valence-corrected chi connectivity index (χ0v) is 10.4. The Morgan fingerprint density at radius 3 is 2.33 bits per heavy atom. The molecule has 15 heavy (non-hydrogen) atoms. The molecule has 0 amide bonds. The highest BCUT2D eigenvalue weighted by atomic mass is 15.1. The van der Waals surface area contributed by atoms with Gasteiger partial charge in [0.1, 0.15) is 0 Å². The molecule has 1 rings (SSSR count). The van der Waals surface area contributed by atoms with Crippen LogP contribution in [0.2, 0.25) is 0 Å². The van der Waals surface area contributed by atoms with E-state index in [-0.39, 0.29) is 0 Å². The molecular formula is C13H24N2. The Bertz CT molecular complexity index is 209. The molecule has 0 spiro atoms. The minimum atomic E-state index is 0.658. The first-order chi connectivity index (χ1) is 7.15. The maximum Gasteiger partial charge on any atom is 0.0621 e. The van der Waals surface area contributed by atoms with E-state index in [0.717, 1.165) is 24.8 Å². The SMILES string of the molecule is CC(C)N(C)C1CCC(CCC#N)CC1. The topological polar surface area (TPSA) is 27.0 Å². The van der Waals surface area contributed by atoms with Crippen LogP contribution in [-0.2, 0) is 0 Å². The van der Waals surface area contributed by atoms with Crippen molar-refractivity contribution in [2.45, 2.75) is 64.5 Å². The monoisotopic (exact) mass is 208 g/mol. The molecule has 2 heteroatoms. The Labute approximate surface area is 94.3 Å². The van der Waals surface area contributed by atoms with Gasteiger partial charge in [-0.3, -0.25) is 0 Å². The van der Waals surface area contributed by atoms with Gasteiger partial charge in [-0.15, -0.1) is 0 Å². The molecule has 0 saturated heterocycles. The first-order valence-corrected chi connectivity index (χ1v) is 6.24. The van der Waals surface area contributed by atoms with Crippen molar-refractivity contribution in [3.05, 3.63) is 0 Å². The number of nitriles is 1. The van der Waals surface area contributed by atoms with Crippen LogP contribution < -0.4 is 0 Å². The Balaban J connectivity index is 2.27. The minimum absolute atomic E-state index is 0.658. The maximum atomic E-state index is 8.55. The normalized spacial score (nSPS) is 26.9. The Hall–Kier alpha value is -0.550. The third kappa shape index (κ3) is 3.83. The van der Waals surface area contributed by atoms with Crippen LogP contribution in [0.15, 0.2) is 0 Å². The Kier molecular flexibility index (Phi) is 5.11. The quantitative estimate of drug-likeness (QED) is 0.709. The van der Waals surface area contributed by atoms with Gasteiger partial charge in [-0.1, -0.05) is 0 Å². The fraction of sp³-hybridized carbons (Fsp3) is 0.923. The molecule has 0 aromatic carbocycles. The molecule has 0 bridgehead atoms. The van der Waals surface area contributed by atoms with Crippen LogP contribution in [0, 0.1) is 17.2 Å². The van der Waals surface area contributed by atoms with E-state index >= 15 is 0 Å². The van der Waals surface area contributed by atoms with Crippen molar-refractivity contribution in [2.24, 2.45) is 5.92 Å². The van der Waals surface area contributed by atoms with E-state index in [2.05, 4.69) is 31.9 Å². The van der Waals surface area contributed by atoms with Crippen molar-refractivity contribution in [3.63, 3.8) is 0 Å². The highest BCUT2D eigenvalue weighted by Crippen LogP contribution is 2.30. The van der Waals surface area contributed by atoms with Crippen molar-refractivity contribution < 1.29 is 0 Å². The van der Waals surface area contributed by atoms with E-state index < -0.39 is 0 Å². The molecule has 0 atom stereocenters. The molecule has 0 aliphatic heterocycles. The van der Waals surface area contributed by atoms with Crippen LogP contribution >= 0.6 is 0 Å². The van der Waals surface area contributed by atoms with E-state index in [1.54, 1.807) is 0 Å². The predicted octanol–water partition coefficient (Wildman–Crippen LogP) is 3.19. The van der Waals surface area contributed by atoms with Gasteiger partial charge < -0.3 is 4.90 Å². The first-order valence-electron chi connectivity index (χ1n) is 6.24. The lowest BCUT2D eigenvalue weighted by Gasteiger charge is -2.36. The van der Waals surface area contributed by atoms with Crippen molar-refractivity contribution in [2.75, 3.05) is 7.05 Å². The smallest absolute Gasteiger partial charge is 0.0621 e. The van der Waals surface area contributed by atoms with Gasteiger partial charge in [0.2, 0.25) is 0 Å². The number of hydrogen-bond acceptors (Lipinski definition) is 2. The highest BCUT2D eigenvalue weighted by Gasteiger charge is 2.24. The van der Waals surface area contributed by atoms with Crippen molar-refractivity contribution >= 4 is 0 Å². The van der Waals surface area contributed by atoms with Crippen molar-refractivity contribution in [1.29, 1.82) is 5.26 Å². The van der Waals surface area contributed by atoms with Crippen LogP contribution in [0.25, 0.3) is 0 Å². The molecule has 1 fully saturated rings. The summed E-state index contributed by atoms with van der Waals surface area (Å²) >= 11 is 0. The lowest BCUT2D eigenvalue weighted by Crippen LogP contribution is -2.39. The summed E-state index contributed by atoms with van der Waals surface area (Å²) in [5.74, 6) is 0.821. The van der Waals surface area contributed by atoms with E-state index in [1.807, 2.05) is 0 Å². The average molecular weight is 208 g/mol. The molecule has 1 saturated carbocycles. The predicted molar refractivity (Wildman–Crippen MR) is 63.5 cm³/mol. The summed E-state index contributed by atoms with van der Waals surface area (Å²) in [4.78, 5) is 2.50. The third-order valence-corrected chi connectivity index (χ3v) is 3.87. The van der Waals surface area contributed by atoms with Crippen LogP contribution in [0.3, 0.4) is 0 Å². The summed E-state index contributed by atoms with van der Waals surface area (Å²) in [6.07, 6.45) is 7.16. The Morgan fingerprint density at radius 1 is 1.27 bits per heavy atom. The summed E-state index contributed by atoms with van der Waals surface area (Å²) in [5, 5.41) is 8.55. The van der Waals surface area contributed by atoms with Crippen molar-refractivity contribution in [3.8, 4) is 6.07 Å². The van der Waals surface area contributed by atoms with Gasteiger partial charge in [-0.25, -0.2) is 0 Å². The molecule has 0 unspecified atom stereocenters. The Morgan fingerprint density at radius 2 is 1.87 bits per heavy atom. The summed E-state index contributed by atoms with van der Waals surface area (Å²) < 4.78 is 0. The number of nitrogens with zero attached hydrogens (tertiary/aromatic N) is 2. The summed E-state index contributed by atoms with van der Waals surface area (Å²) in [6.45, 7) is 4.53. The lowest BCUT2D eigenvalue weighted by molar-refractivity contribution is 0.133. The van der Waals surface area contributed by atoms with Gasteiger partial charge in [-0.2, -0.15) is 5.26 Å². The second-order valence-corrected chi connectivity index (χ2v) is 5.13. The zero-order chi connectivity index (χ0) is 11.3. The molecular weight excluding hydrogens is 184 g/mol. The average Bonchev–Trinajstić information content (AvgIpc) is 2.26. The summed E-state index contributed by atoms with van der Waals surface area (Å²) in [5.41, 5.74) is 0. The molecule has 0 N–H and O–H groups in total. The van der Waals surface area contributed by atoms with Gasteiger partial charge in [0.05, 0.1) is 6.07 Å². The van der Waals surface area contributed by atoms with Gasteiger partial charge in [0, 0.05) is 18.5 Å². The van der Waals surface area contributed by atoms with Gasteiger partial charge >= 0.3 is 0 Å². The van der Waals surface area contributed by atoms with E-state index in [1.165, 1.54) is 25.7 Å². The number of rotatable bonds is 4. The molecule has 0 heterocycles.